The highest BCUT2D eigenvalue weighted by molar-refractivity contribution is 7.47. The summed E-state index contributed by atoms with van der Waals surface area (Å²) in [5.41, 5.74) is 5.35. The third-order valence-electron chi connectivity index (χ3n) is 11.3. The fraction of sp³-hybridized carbons (Fsp3) is 0.898. The van der Waals surface area contributed by atoms with Gasteiger partial charge in [0.1, 0.15) is 12.6 Å². The lowest BCUT2D eigenvalue weighted by atomic mass is 10.0. The molecule has 0 aromatic carbocycles. The third kappa shape index (κ3) is 44.6. The van der Waals surface area contributed by atoms with Gasteiger partial charge in [0.15, 0.2) is 6.10 Å². The van der Waals surface area contributed by atoms with Crippen LogP contribution in [0.25, 0.3) is 0 Å². The highest BCUT2D eigenvalue weighted by Gasteiger charge is 2.28. The van der Waals surface area contributed by atoms with Gasteiger partial charge < -0.3 is 25.2 Å². The Morgan fingerprint density at radius 3 is 1.21 bits per heavy atom. The number of carbonyl (C=O) groups excluding carboxylic acids is 2. The molecule has 360 valence electrons. The molecule has 1 unspecified atom stereocenters. The average Bonchev–Trinajstić information content (AvgIpc) is 3.24. The van der Waals surface area contributed by atoms with Crippen LogP contribution in [0.5, 0.6) is 0 Å². The number of phosphoric ester groups is 1. The van der Waals surface area contributed by atoms with Gasteiger partial charge in [0.2, 0.25) is 0 Å². The number of ether oxygens (including phenoxy) is 2. The summed E-state index contributed by atoms with van der Waals surface area (Å²) in [6, 6.07) is -1.52. The summed E-state index contributed by atoms with van der Waals surface area (Å²) < 4.78 is 32.8. The van der Waals surface area contributed by atoms with Crippen molar-refractivity contribution in [1.82, 2.24) is 0 Å². The summed E-state index contributed by atoms with van der Waals surface area (Å²) in [7, 11) is -4.72. The van der Waals surface area contributed by atoms with Crippen LogP contribution in [0.15, 0.2) is 12.2 Å². The van der Waals surface area contributed by atoms with Gasteiger partial charge in [-0.05, 0) is 38.5 Å². The Balaban J connectivity index is 4.20. The smallest absolute Gasteiger partial charge is 0.472 e. The minimum Gasteiger partial charge on any atom is -0.480 e. The van der Waals surface area contributed by atoms with Crippen LogP contribution in [0.1, 0.15) is 251 Å². The van der Waals surface area contributed by atoms with E-state index in [4.69, 9.17) is 24.8 Å². The number of hydrogen-bond acceptors (Lipinski definition) is 9. The molecule has 0 fully saturated rings. The van der Waals surface area contributed by atoms with E-state index in [0.717, 1.165) is 44.9 Å². The first-order chi connectivity index (χ1) is 29.6. The van der Waals surface area contributed by atoms with Crippen LogP contribution in [0.2, 0.25) is 0 Å². The minimum atomic E-state index is -4.72. The summed E-state index contributed by atoms with van der Waals surface area (Å²) in [6.07, 6.45) is 47.1. The second kappa shape index (κ2) is 44.8. The van der Waals surface area contributed by atoms with Crippen LogP contribution < -0.4 is 5.73 Å². The zero-order valence-corrected chi connectivity index (χ0v) is 40.2. The molecular formula is C49H94NO10P. The van der Waals surface area contributed by atoms with Crippen LogP contribution in [0.4, 0.5) is 0 Å². The maximum absolute atomic E-state index is 12.6. The molecule has 0 spiro atoms. The molecule has 0 aromatic rings. The molecule has 0 aromatic heterocycles. The van der Waals surface area contributed by atoms with E-state index in [9.17, 15) is 23.8 Å². The zero-order chi connectivity index (χ0) is 44.9. The molecule has 11 nitrogen and oxygen atoms in total. The average molecular weight is 888 g/mol. The van der Waals surface area contributed by atoms with Crippen LogP contribution in [0, 0.1) is 0 Å². The predicted molar refractivity (Wildman–Crippen MR) is 249 cm³/mol. The van der Waals surface area contributed by atoms with Crippen LogP contribution in [0.3, 0.4) is 0 Å². The number of esters is 2. The number of carboxylic acids is 1. The molecule has 0 bridgehead atoms. The van der Waals surface area contributed by atoms with Crippen molar-refractivity contribution >= 4 is 25.7 Å². The van der Waals surface area contributed by atoms with Crippen molar-refractivity contribution < 1.29 is 47.5 Å². The summed E-state index contributed by atoms with van der Waals surface area (Å²) in [4.78, 5) is 46.1. The second-order valence-electron chi connectivity index (χ2n) is 17.3. The summed E-state index contributed by atoms with van der Waals surface area (Å²) >= 11 is 0. The van der Waals surface area contributed by atoms with Crippen molar-refractivity contribution in [3.8, 4) is 0 Å². The molecule has 61 heavy (non-hydrogen) atoms. The van der Waals surface area contributed by atoms with Gasteiger partial charge in [-0.1, -0.05) is 212 Å². The van der Waals surface area contributed by atoms with Crippen LogP contribution in [-0.2, 0) is 37.5 Å². The number of unbranched alkanes of at least 4 members (excludes halogenated alkanes) is 32. The monoisotopic (exact) mass is 888 g/mol. The van der Waals surface area contributed by atoms with Gasteiger partial charge in [-0.15, -0.1) is 0 Å². The van der Waals surface area contributed by atoms with Crippen LogP contribution in [-0.4, -0.2) is 59.9 Å². The summed E-state index contributed by atoms with van der Waals surface area (Å²) in [5, 5.41) is 8.91. The van der Waals surface area contributed by atoms with Crippen molar-refractivity contribution in [1.29, 1.82) is 0 Å². The van der Waals surface area contributed by atoms with Gasteiger partial charge in [-0.3, -0.25) is 23.4 Å². The van der Waals surface area contributed by atoms with Gasteiger partial charge in [-0.25, -0.2) is 4.57 Å². The van der Waals surface area contributed by atoms with Crippen molar-refractivity contribution in [3.63, 3.8) is 0 Å². The second-order valence-corrected chi connectivity index (χ2v) is 18.8. The number of hydrogen-bond donors (Lipinski definition) is 3. The molecule has 12 heteroatoms. The SMILES string of the molecule is CCCCCCCCCC/C=C/CCCCCC(=O)O[C@@H](COC(=O)CCCCCCCCCCCCCCCCCCCCCCCC)COP(=O)(O)OC[C@@H](N)C(=O)O. The van der Waals surface area contributed by atoms with Gasteiger partial charge in [0.25, 0.3) is 0 Å². The van der Waals surface area contributed by atoms with Crippen molar-refractivity contribution in [2.24, 2.45) is 5.73 Å². The van der Waals surface area contributed by atoms with Crippen molar-refractivity contribution in [2.45, 2.75) is 264 Å². The van der Waals surface area contributed by atoms with Gasteiger partial charge >= 0.3 is 25.7 Å². The molecule has 3 atom stereocenters. The fourth-order valence-electron chi connectivity index (χ4n) is 7.30. The maximum Gasteiger partial charge on any atom is 0.472 e. The van der Waals surface area contributed by atoms with E-state index in [1.807, 2.05) is 0 Å². The Bertz CT molecular complexity index is 1090. The lowest BCUT2D eigenvalue weighted by molar-refractivity contribution is -0.161. The maximum atomic E-state index is 12.6. The first-order valence-corrected chi connectivity index (χ1v) is 26.7. The van der Waals surface area contributed by atoms with Gasteiger partial charge in [0, 0.05) is 12.8 Å². The molecule has 0 radical (unpaired) electrons. The van der Waals surface area contributed by atoms with E-state index in [1.54, 1.807) is 0 Å². The Morgan fingerprint density at radius 2 is 0.820 bits per heavy atom. The third-order valence-corrected chi connectivity index (χ3v) is 12.2. The summed E-state index contributed by atoms with van der Waals surface area (Å²) in [6.45, 7) is 2.83. The fourth-order valence-corrected chi connectivity index (χ4v) is 8.08. The molecule has 0 saturated carbocycles. The normalized spacial score (nSPS) is 13.6. The van der Waals surface area contributed by atoms with E-state index < -0.39 is 51.1 Å². The molecular weight excluding hydrogens is 794 g/mol. The number of rotatable bonds is 48. The van der Waals surface area contributed by atoms with Gasteiger partial charge in [-0.2, -0.15) is 0 Å². The molecule has 0 aliphatic carbocycles. The largest absolute Gasteiger partial charge is 0.480 e. The van der Waals surface area contributed by atoms with E-state index in [1.165, 1.54) is 167 Å². The standard InChI is InChI=1S/C49H94NO10P/c1-3-5-7-9-11-13-15-17-19-20-21-22-23-24-25-27-28-30-32-34-36-38-40-47(51)57-42-45(43-58-61(55,56)59-44-46(50)49(53)54)60-48(52)41-39-37-35-33-31-29-26-18-16-14-12-10-8-6-4-2/h29,31,45-46H,3-28,30,32-44,50H2,1-2H3,(H,53,54)(H,55,56)/b31-29+/t45-,46+/m0/s1. The first-order valence-electron chi connectivity index (χ1n) is 25.2. The Hall–Kier alpha value is -1.78. The number of carbonyl (C=O) groups is 3. The number of allylic oxidation sites excluding steroid dienone is 2. The molecule has 0 heterocycles. The van der Waals surface area contributed by atoms with E-state index >= 15 is 0 Å². The zero-order valence-electron chi connectivity index (χ0n) is 39.3. The van der Waals surface area contributed by atoms with Crippen LogP contribution >= 0.6 is 7.82 Å². The lowest BCUT2D eigenvalue weighted by Crippen LogP contribution is -2.34. The molecule has 0 amide bonds. The molecule has 0 aliphatic rings. The Labute approximate surface area is 373 Å². The minimum absolute atomic E-state index is 0.145. The van der Waals surface area contributed by atoms with E-state index in [2.05, 4.69) is 30.5 Å². The molecule has 0 rings (SSSR count). The highest BCUT2D eigenvalue weighted by Crippen LogP contribution is 2.43. The molecule has 0 aliphatic heterocycles. The van der Waals surface area contributed by atoms with E-state index in [0.29, 0.717) is 12.8 Å². The Kier molecular flexibility index (Phi) is 43.5. The molecule has 4 N–H and O–H groups in total. The number of nitrogens with two attached hydrogens (primary N) is 1. The van der Waals surface area contributed by atoms with Crippen molar-refractivity contribution in [2.75, 3.05) is 19.8 Å². The molecule has 0 saturated heterocycles. The lowest BCUT2D eigenvalue weighted by Gasteiger charge is -2.20. The van der Waals surface area contributed by atoms with E-state index in [-0.39, 0.29) is 19.4 Å². The number of carboxylic acid groups (broad SMARTS) is 1. The summed E-state index contributed by atoms with van der Waals surface area (Å²) in [5.74, 6) is -2.38. The quantitative estimate of drug-likeness (QED) is 0.0230. The Morgan fingerprint density at radius 1 is 0.492 bits per heavy atom. The van der Waals surface area contributed by atoms with Gasteiger partial charge in [0.05, 0.1) is 13.2 Å². The highest BCUT2D eigenvalue weighted by atomic mass is 31.2. The van der Waals surface area contributed by atoms with Crippen molar-refractivity contribution in [3.05, 3.63) is 12.2 Å². The number of phosphoric acid groups is 1. The number of aliphatic carboxylic acids is 1. The topological polar surface area (TPSA) is 172 Å². The first kappa shape index (κ1) is 59.2. The predicted octanol–water partition coefficient (Wildman–Crippen LogP) is 14.0.